The molecule has 0 radical (unpaired) electrons. The molecule has 1 amide bonds. The van der Waals surface area contributed by atoms with Crippen LogP contribution < -0.4 is 5.73 Å². The summed E-state index contributed by atoms with van der Waals surface area (Å²) in [6.45, 7) is 4.71. The van der Waals surface area contributed by atoms with Crippen LogP contribution in [0.25, 0.3) is 0 Å². The molecule has 94 valence electrons. The molecule has 0 aromatic carbocycles. The van der Waals surface area contributed by atoms with E-state index < -0.39 is 0 Å². The fourth-order valence-corrected chi connectivity index (χ4v) is 2.49. The van der Waals surface area contributed by atoms with Crippen LogP contribution in [0.5, 0.6) is 0 Å². The van der Waals surface area contributed by atoms with E-state index in [9.17, 15) is 4.79 Å². The number of hydrogen-bond donors (Lipinski definition) is 1. The Hall–Kier alpha value is -0.870. The Kier molecular flexibility index (Phi) is 3.84. The van der Waals surface area contributed by atoms with E-state index in [0.717, 1.165) is 12.8 Å². The van der Waals surface area contributed by atoms with Gasteiger partial charge in [0.1, 0.15) is 0 Å². The minimum Gasteiger partial charge on any atom is -0.334 e. The van der Waals surface area contributed by atoms with Gasteiger partial charge in [0.15, 0.2) is 0 Å². The Labute approximate surface area is 107 Å². The molecule has 1 aromatic rings. The van der Waals surface area contributed by atoms with E-state index in [2.05, 4.69) is 11.4 Å². The van der Waals surface area contributed by atoms with Crippen molar-refractivity contribution in [3.05, 3.63) is 22.4 Å². The van der Waals surface area contributed by atoms with E-state index >= 15 is 0 Å². The summed E-state index contributed by atoms with van der Waals surface area (Å²) in [6, 6.07) is 2.13. The van der Waals surface area contributed by atoms with Crippen molar-refractivity contribution < 1.29 is 4.79 Å². The van der Waals surface area contributed by atoms with Crippen LogP contribution in [0, 0.1) is 5.92 Å². The maximum Gasteiger partial charge on any atom is 0.240 e. The number of amides is 1. The van der Waals surface area contributed by atoms with Crippen molar-refractivity contribution in [2.75, 3.05) is 0 Å². The van der Waals surface area contributed by atoms with Gasteiger partial charge >= 0.3 is 0 Å². The second-order valence-electron chi connectivity index (χ2n) is 5.10. The highest BCUT2D eigenvalue weighted by Crippen LogP contribution is 2.29. The SMILES string of the molecule is CC(C)[C@H](N)C(=O)N(Cc1ccsc1)C1CC1. The summed E-state index contributed by atoms with van der Waals surface area (Å²) in [5, 5.41) is 4.15. The molecule has 2 rings (SSSR count). The van der Waals surface area contributed by atoms with Gasteiger partial charge in [-0.15, -0.1) is 0 Å². The quantitative estimate of drug-likeness (QED) is 0.873. The van der Waals surface area contributed by atoms with Gasteiger partial charge in [-0.25, -0.2) is 0 Å². The van der Waals surface area contributed by atoms with E-state index in [1.807, 2.05) is 24.1 Å². The molecule has 1 atom stereocenters. The number of hydrogen-bond acceptors (Lipinski definition) is 3. The molecule has 2 N–H and O–H groups in total. The predicted octanol–water partition coefficient (Wildman–Crippen LogP) is 2.22. The maximum atomic E-state index is 12.3. The van der Waals surface area contributed by atoms with Crippen molar-refractivity contribution in [3.63, 3.8) is 0 Å². The van der Waals surface area contributed by atoms with Gasteiger partial charge in [0, 0.05) is 12.6 Å². The molecule has 17 heavy (non-hydrogen) atoms. The molecule has 1 aliphatic rings. The standard InChI is InChI=1S/C13H20N2OS/c1-9(2)12(14)13(16)15(11-3-4-11)7-10-5-6-17-8-10/h5-6,8-9,11-12H,3-4,7,14H2,1-2H3/t12-/m0/s1. The number of nitrogens with two attached hydrogens (primary N) is 1. The average Bonchev–Trinajstić information content (AvgIpc) is 3.01. The van der Waals surface area contributed by atoms with Gasteiger partial charge in [-0.05, 0) is 41.1 Å². The second kappa shape index (κ2) is 5.19. The van der Waals surface area contributed by atoms with Crippen molar-refractivity contribution in [3.8, 4) is 0 Å². The van der Waals surface area contributed by atoms with E-state index in [0.29, 0.717) is 12.6 Å². The first-order chi connectivity index (χ1) is 8.09. The van der Waals surface area contributed by atoms with E-state index in [1.54, 1.807) is 11.3 Å². The molecule has 0 bridgehead atoms. The van der Waals surface area contributed by atoms with Crippen LogP contribution in [0.3, 0.4) is 0 Å². The lowest BCUT2D eigenvalue weighted by molar-refractivity contribution is -0.134. The highest BCUT2D eigenvalue weighted by atomic mass is 32.1. The summed E-state index contributed by atoms with van der Waals surface area (Å²) in [5.41, 5.74) is 7.18. The summed E-state index contributed by atoms with van der Waals surface area (Å²) in [7, 11) is 0. The smallest absolute Gasteiger partial charge is 0.240 e. The zero-order valence-corrected chi connectivity index (χ0v) is 11.2. The zero-order chi connectivity index (χ0) is 12.4. The Balaban J connectivity index is 2.04. The minimum atomic E-state index is -0.366. The molecule has 0 aliphatic heterocycles. The highest BCUT2D eigenvalue weighted by molar-refractivity contribution is 7.07. The normalized spacial score (nSPS) is 17.2. The third kappa shape index (κ3) is 3.07. The third-order valence-corrected chi connectivity index (χ3v) is 3.94. The van der Waals surface area contributed by atoms with Gasteiger partial charge in [0.2, 0.25) is 5.91 Å². The van der Waals surface area contributed by atoms with Crippen LogP contribution in [0.15, 0.2) is 16.8 Å². The summed E-state index contributed by atoms with van der Waals surface area (Å²) < 4.78 is 0. The van der Waals surface area contributed by atoms with Crippen molar-refractivity contribution in [2.45, 2.75) is 45.3 Å². The summed E-state index contributed by atoms with van der Waals surface area (Å²) >= 11 is 1.67. The minimum absolute atomic E-state index is 0.105. The van der Waals surface area contributed by atoms with Crippen LogP contribution in [0.1, 0.15) is 32.3 Å². The lowest BCUT2D eigenvalue weighted by Gasteiger charge is -2.27. The number of thiophene rings is 1. The largest absolute Gasteiger partial charge is 0.334 e. The Morgan fingerprint density at radius 2 is 2.29 bits per heavy atom. The molecule has 1 heterocycles. The maximum absolute atomic E-state index is 12.3. The molecule has 1 saturated carbocycles. The first-order valence-corrected chi connectivity index (χ1v) is 7.11. The summed E-state index contributed by atoms with van der Waals surface area (Å²) in [4.78, 5) is 14.3. The first kappa shape index (κ1) is 12.6. The van der Waals surface area contributed by atoms with Gasteiger partial charge in [-0.2, -0.15) is 11.3 Å². The Morgan fingerprint density at radius 1 is 1.59 bits per heavy atom. The molecule has 1 aromatic heterocycles. The fourth-order valence-electron chi connectivity index (χ4n) is 1.83. The van der Waals surface area contributed by atoms with Gasteiger partial charge in [-0.1, -0.05) is 13.8 Å². The summed E-state index contributed by atoms with van der Waals surface area (Å²) in [5.74, 6) is 0.305. The van der Waals surface area contributed by atoms with Gasteiger partial charge in [-0.3, -0.25) is 4.79 Å². The molecule has 4 heteroatoms. The third-order valence-electron chi connectivity index (χ3n) is 3.21. The molecule has 0 spiro atoms. The Bertz CT molecular complexity index is 371. The number of carbonyl (C=O) groups excluding carboxylic acids is 1. The monoisotopic (exact) mass is 252 g/mol. The van der Waals surface area contributed by atoms with Crippen LogP contribution >= 0.6 is 11.3 Å². The first-order valence-electron chi connectivity index (χ1n) is 6.16. The zero-order valence-electron chi connectivity index (χ0n) is 10.4. The molecular formula is C13H20N2OS. The molecule has 0 saturated heterocycles. The number of rotatable bonds is 5. The summed E-state index contributed by atoms with van der Waals surface area (Å²) in [6.07, 6.45) is 2.25. The molecule has 1 fully saturated rings. The van der Waals surface area contributed by atoms with Gasteiger partial charge < -0.3 is 10.6 Å². The predicted molar refractivity (Wildman–Crippen MR) is 70.7 cm³/mol. The lowest BCUT2D eigenvalue weighted by atomic mass is 10.0. The van der Waals surface area contributed by atoms with Crippen molar-refractivity contribution in [1.29, 1.82) is 0 Å². The van der Waals surface area contributed by atoms with E-state index in [1.165, 1.54) is 5.56 Å². The molecule has 1 aliphatic carbocycles. The molecule has 3 nitrogen and oxygen atoms in total. The van der Waals surface area contributed by atoms with Crippen molar-refractivity contribution >= 4 is 17.2 Å². The van der Waals surface area contributed by atoms with Crippen LogP contribution in [0.4, 0.5) is 0 Å². The highest BCUT2D eigenvalue weighted by Gasteiger charge is 2.35. The van der Waals surface area contributed by atoms with E-state index in [4.69, 9.17) is 5.73 Å². The topological polar surface area (TPSA) is 46.3 Å². The Morgan fingerprint density at radius 3 is 2.76 bits per heavy atom. The van der Waals surface area contributed by atoms with Gasteiger partial charge in [0.05, 0.1) is 6.04 Å². The number of carbonyl (C=O) groups is 1. The fraction of sp³-hybridized carbons (Fsp3) is 0.615. The van der Waals surface area contributed by atoms with Crippen LogP contribution in [-0.2, 0) is 11.3 Å². The average molecular weight is 252 g/mol. The van der Waals surface area contributed by atoms with Crippen molar-refractivity contribution in [1.82, 2.24) is 4.90 Å². The van der Waals surface area contributed by atoms with Gasteiger partial charge in [0.25, 0.3) is 0 Å². The lowest BCUT2D eigenvalue weighted by Crippen LogP contribution is -2.47. The van der Waals surface area contributed by atoms with Crippen LogP contribution in [-0.4, -0.2) is 22.9 Å². The molecule has 0 unspecified atom stereocenters. The second-order valence-corrected chi connectivity index (χ2v) is 5.88. The molecular weight excluding hydrogens is 232 g/mol. The van der Waals surface area contributed by atoms with Crippen molar-refractivity contribution in [2.24, 2.45) is 11.7 Å². The van der Waals surface area contributed by atoms with Crippen LogP contribution in [0.2, 0.25) is 0 Å². The number of nitrogens with zero attached hydrogens (tertiary/aromatic N) is 1. The van der Waals surface area contributed by atoms with E-state index in [-0.39, 0.29) is 17.9 Å².